The van der Waals surface area contributed by atoms with Gasteiger partial charge < -0.3 is 5.11 Å². The zero-order chi connectivity index (χ0) is 7.40. The standard InChI is InChI=1S/C6H11N3O/c1-2-5(4-10)6-3-7-9-8-6/h3,5,10H,2,4H2,1H3,(H,7,8,9). The molecule has 4 nitrogen and oxygen atoms in total. The van der Waals surface area contributed by atoms with Crippen LogP contribution in [-0.4, -0.2) is 27.1 Å². The highest BCUT2D eigenvalue weighted by Crippen LogP contribution is 2.13. The number of rotatable bonds is 3. The summed E-state index contributed by atoms with van der Waals surface area (Å²) >= 11 is 0. The van der Waals surface area contributed by atoms with Crippen LogP contribution in [0.2, 0.25) is 0 Å². The molecule has 0 radical (unpaired) electrons. The Labute approximate surface area is 59.3 Å². The molecule has 0 amide bonds. The lowest BCUT2D eigenvalue weighted by Crippen LogP contribution is -2.02. The van der Waals surface area contributed by atoms with Crippen molar-refractivity contribution in [3.05, 3.63) is 11.9 Å². The Hall–Kier alpha value is -0.900. The Morgan fingerprint density at radius 2 is 2.60 bits per heavy atom. The zero-order valence-corrected chi connectivity index (χ0v) is 5.91. The Kier molecular flexibility index (Phi) is 2.39. The van der Waals surface area contributed by atoms with E-state index in [0.29, 0.717) is 0 Å². The maximum atomic E-state index is 8.82. The van der Waals surface area contributed by atoms with Gasteiger partial charge in [0.25, 0.3) is 0 Å². The molecule has 2 N–H and O–H groups in total. The van der Waals surface area contributed by atoms with Gasteiger partial charge in [0.15, 0.2) is 0 Å². The second kappa shape index (κ2) is 3.31. The van der Waals surface area contributed by atoms with Gasteiger partial charge in [-0.3, -0.25) is 0 Å². The van der Waals surface area contributed by atoms with Gasteiger partial charge in [-0.15, -0.1) is 0 Å². The third-order valence-corrected chi connectivity index (χ3v) is 1.57. The summed E-state index contributed by atoms with van der Waals surface area (Å²) in [7, 11) is 0. The summed E-state index contributed by atoms with van der Waals surface area (Å²) in [5, 5.41) is 18.8. The van der Waals surface area contributed by atoms with Crippen LogP contribution in [0.15, 0.2) is 6.20 Å². The van der Waals surface area contributed by atoms with Crippen molar-refractivity contribution in [3.63, 3.8) is 0 Å². The van der Waals surface area contributed by atoms with E-state index in [2.05, 4.69) is 15.4 Å². The maximum absolute atomic E-state index is 8.82. The number of hydrogen-bond acceptors (Lipinski definition) is 3. The van der Waals surface area contributed by atoms with Crippen molar-refractivity contribution in [3.8, 4) is 0 Å². The smallest absolute Gasteiger partial charge is 0.0878 e. The second-order valence-corrected chi connectivity index (χ2v) is 2.18. The topological polar surface area (TPSA) is 61.8 Å². The fourth-order valence-electron chi connectivity index (χ4n) is 0.839. The third-order valence-electron chi connectivity index (χ3n) is 1.57. The molecule has 1 unspecified atom stereocenters. The van der Waals surface area contributed by atoms with Gasteiger partial charge in [0, 0.05) is 5.92 Å². The predicted octanol–water partition coefficient (Wildman–Crippen LogP) is 0.291. The van der Waals surface area contributed by atoms with Crippen LogP contribution >= 0.6 is 0 Å². The molecule has 1 atom stereocenters. The monoisotopic (exact) mass is 141 g/mol. The summed E-state index contributed by atoms with van der Waals surface area (Å²) in [4.78, 5) is 0. The fourth-order valence-corrected chi connectivity index (χ4v) is 0.839. The van der Waals surface area contributed by atoms with E-state index in [1.807, 2.05) is 6.92 Å². The lowest BCUT2D eigenvalue weighted by Gasteiger charge is -2.04. The van der Waals surface area contributed by atoms with E-state index in [4.69, 9.17) is 5.11 Å². The van der Waals surface area contributed by atoms with Crippen molar-refractivity contribution >= 4 is 0 Å². The highest BCUT2D eigenvalue weighted by Gasteiger charge is 2.09. The summed E-state index contributed by atoms with van der Waals surface area (Å²) in [6, 6.07) is 0. The summed E-state index contributed by atoms with van der Waals surface area (Å²) < 4.78 is 0. The third kappa shape index (κ3) is 1.33. The average molecular weight is 141 g/mol. The highest BCUT2D eigenvalue weighted by atomic mass is 16.3. The molecule has 0 fully saturated rings. The van der Waals surface area contributed by atoms with Crippen molar-refractivity contribution in [1.29, 1.82) is 0 Å². The summed E-state index contributed by atoms with van der Waals surface area (Å²) in [6.45, 7) is 2.15. The first-order valence-electron chi connectivity index (χ1n) is 3.35. The van der Waals surface area contributed by atoms with E-state index in [0.717, 1.165) is 12.1 Å². The van der Waals surface area contributed by atoms with Gasteiger partial charge in [0.2, 0.25) is 0 Å². The van der Waals surface area contributed by atoms with Crippen molar-refractivity contribution in [2.75, 3.05) is 6.61 Å². The van der Waals surface area contributed by atoms with Crippen LogP contribution in [0, 0.1) is 0 Å². The Bertz CT molecular complexity index is 169. The molecular weight excluding hydrogens is 130 g/mol. The van der Waals surface area contributed by atoms with E-state index in [-0.39, 0.29) is 12.5 Å². The van der Waals surface area contributed by atoms with Crippen LogP contribution in [0.1, 0.15) is 25.0 Å². The van der Waals surface area contributed by atoms with Gasteiger partial charge in [-0.05, 0) is 6.42 Å². The molecule has 0 aliphatic carbocycles. The lowest BCUT2D eigenvalue weighted by molar-refractivity contribution is 0.260. The summed E-state index contributed by atoms with van der Waals surface area (Å²) in [5.74, 6) is 0.138. The number of hydrogen-bond donors (Lipinski definition) is 2. The number of H-pyrrole nitrogens is 1. The number of aliphatic hydroxyl groups excluding tert-OH is 1. The minimum absolute atomic E-state index is 0.138. The highest BCUT2D eigenvalue weighted by molar-refractivity contribution is 4.99. The molecule has 0 saturated heterocycles. The van der Waals surface area contributed by atoms with Crippen LogP contribution in [-0.2, 0) is 0 Å². The van der Waals surface area contributed by atoms with Crippen LogP contribution in [0.3, 0.4) is 0 Å². The minimum atomic E-state index is 0.138. The number of aromatic amines is 1. The average Bonchev–Trinajstić information content (AvgIpc) is 2.43. The molecule has 1 aromatic rings. The molecular formula is C6H11N3O. The van der Waals surface area contributed by atoms with Gasteiger partial charge in [-0.2, -0.15) is 15.4 Å². The van der Waals surface area contributed by atoms with Gasteiger partial charge in [0.1, 0.15) is 0 Å². The van der Waals surface area contributed by atoms with E-state index >= 15 is 0 Å². The largest absolute Gasteiger partial charge is 0.396 e. The second-order valence-electron chi connectivity index (χ2n) is 2.18. The van der Waals surface area contributed by atoms with Crippen LogP contribution in [0.5, 0.6) is 0 Å². The molecule has 0 aliphatic heterocycles. The Balaban J connectivity index is 2.64. The predicted molar refractivity (Wildman–Crippen MR) is 36.5 cm³/mol. The molecule has 10 heavy (non-hydrogen) atoms. The normalized spacial score (nSPS) is 13.4. The molecule has 1 heterocycles. The number of nitrogens with zero attached hydrogens (tertiary/aromatic N) is 2. The molecule has 0 spiro atoms. The maximum Gasteiger partial charge on any atom is 0.0878 e. The summed E-state index contributed by atoms with van der Waals surface area (Å²) in [5.41, 5.74) is 0.838. The minimum Gasteiger partial charge on any atom is -0.396 e. The molecule has 0 bridgehead atoms. The Morgan fingerprint density at radius 1 is 1.80 bits per heavy atom. The number of nitrogens with one attached hydrogen (secondary N) is 1. The van der Waals surface area contributed by atoms with Crippen LogP contribution in [0.25, 0.3) is 0 Å². The molecule has 1 aromatic heterocycles. The van der Waals surface area contributed by atoms with Crippen molar-refractivity contribution in [1.82, 2.24) is 15.4 Å². The fraction of sp³-hybridized carbons (Fsp3) is 0.667. The van der Waals surface area contributed by atoms with Crippen LogP contribution in [0.4, 0.5) is 0 Å². The van der Waals surface area contributed by atoms with Crippen molar-refractivity contribution in [2.24, 2.45) is 0 Å². The van der Waals surface area contributed by atoms with E-state index in [1.54, 1.807) is 6.20 Å². The lowest BCUT2D eigenvalue weighted by atomic mass is 10.1. The number of aliphatic hydroxyl groups is 1. The zero-order valence-electron chi connectivity index (χ0n) is 5.91. The number of aromatic nitrogens is 3. The first-order valence-corrected chi connectivity index (χ1v) is 3.35. The summed E-state index contributed by atoms with van der Waals surface area (Å²) in [6.07, 6.45) is 2.54. The van der Waals surface area contributed by atoms with Crippen LogP contribution < -0.4 is 0 Å². The molecule has 1 rings (SSSR count). The molecule has 0 aromatic carbocycles. The first-order chi connectivity index (χ1) is 4.88. The van der Waals surface area contributed by atoms with E-state index in [9.17, 15) is 0 Å². The first kappa shape index (κ1) is 7.21. The van der Waals surface area contributed by atoms with Gasteiger partial charge >= 0.3 is 0 Å². The van der Waals surface area contributed by atoms with Crippen molar-refractivity contribution < 1.29 is 5.11 Å². The molecule has 0 saturated carbocycles. The van der Waals surface area contributed by atoms with E-state index in [1.165, 1.54) is 0 Å². The Morgan fingerprint density at radius 3 is 3.00 bits per heavy atom. The van der Waals surface area contributed by atoms with Crippen molar-refractivity contribution in [2.45, 2.75) is 19.3 Å². The molecule has 56 valence electrons. The van der Waals surface area contributed by atoms with Gasteiger partial charge in [0.05, 0.1) is 18.5 Å². The van der Waals surface area contributed by atoms with Gasteiger partial charge in [-0.25, -0.2) is 0 Å². The van der Waals surface area contributed by atoms with Gasteiger partial charge in [-0.1, -0.05) is 6.92 Å². The molecule has 4 heteroatoms. The SMILES string of the molecule is CCC(CO)c1cn[nH]n1. The molecule has 0 aliphatic rings. The quantitative estimate of drug-likeness (QED) is 0.636. The van der Waals surface area contributed by atoms with E-state index < -0.39 is 0 Å².